The Morgan fingerprint density at radius 3 is 2.48 bits per heavy atom. The van der Waals surface area contributed by atoms with Crippen molar-refractivity contribution in [2.75, 3.05) is 6.54 Å². The van der Waals surface area contributed by atoms with Crippen molar-refractivity contribution in [3.05, 3.63) is 44.4 Å². The number of nitrogens with one attached hydrogen (secondary N) is 1. The molecule has 2 aliphatic heterocycles. The van der Waals surface area contributed by atoms with Gasteiger partial charge in [-0.2, -0.15) is 0 Å². The Morgan fingerprint density at radius 2 is 1.79 bits per heavy atom. The van der Waals surface area contributed by atoms with Crippen LogP contribution in [-0.4, -0.2) is 49.7 Å². The van der Waals surface area contributed by atoms with Crippen LogP contribution in [0.15, 0.2) is 34.1 Å². The summed E-state index contributed by atoms with van der Waals surface area (Å²) in [5.41, 5.74) is 0.999. The van der Waals surface area contributed by atoms with Crippen LogP contribution in [0.25, 0.3) is 0 Å². The lowest BCUT2D eigenvalue weighted by Gasteiger charge is -2.43. The predicted molar refractivity (Wildman–Crippen MR) is 120 cm³/mol. The van der Waals surface area contributed by atoms with Gasteiger partial charge >= 0.3 is 10.8 Å². The third-order valence-corrected chi connectivity index (χ3v) is 10.4. The van der Waals surface area contributed by atoms with Crippen LogP contribution in [0.2, 0.25) is 0 Å². The number of carbonyl (C=O) groups excluding carboxylic acids is 2. The first-order chi connectivity index (χ1) is 15.8. The molecule has 0 unspecified atom stereocenters. The topological polar surface area (TPSA) is 128 Å². The predicted octanol–water partition coefficient (Wildman–Crippen LogP) is 2.48. The van der Waals surface area contributed by atoms with Crippen LogP contribution in [-0.2, 0) is 14.4 Å². The van der Waals surface area contributed by atoms with Crippen molar-refractivity contribution < 1.29 is 24.6 Å². The number of amides is 2. The number of aromatic nitrogens is 1. The van der Waals surface area contributed by atoms with E-state index >= 15 is 0 Å². The number of phenolic OH excluding ortho intramolecular Hbond substituents is 1. The number of carbonyl (C=O) groups is 3. The van der Waals surface area contributed by atoms with Crippen LogP contribution >= 0.6 is 23.1 Å². The molecule has 2 amide bonds. The van der Waals surface area contributed by atoms with Gasteiger partial charge in [0, 0.05) is 29.0 Å². The second kappa shape index (κ2) is 7.46. The number of fused-ring (bicyclic) bond motifs is 9. The standard InChI is InChI=1S/C23H22N2O6S2/c26-10-5-3-9(4-6-10)14-15-11-8-12(18(15)32-20-19(14)33-23(31)24-20)17-16(11)21(29)25(22(17)30)7-1-2-13(27)28/h3-6,11-12,14-18,26H,1-2,7-8H2,(H,24,31)(H,27,28)/t11-,12-,14+,15-,16+,17-,18-/m1/s1. The van der Waals surface area contributed by atoms with Crippen LogP contribution in [0.5, 0.6) is 5.75 Å². The number of aromatic hydroxyl groups is 1. The van der Waals surface area contributed by atoms with E-state index in [-0.39, 0.29) is 82.6 Å². The molecule has 2 bridgehead atoms. The molecule has 4 aliphatic rings. The Labute approximate surface area is 197 Å². The number of aliphatic carboxylic acids is 1. The van der Waals surface area contributed by atoms with E-state index in [1.165, 1.54) is 16.2 Å². The summed E-state index contributed by atoms with van der Waals surface area (Å²) >= 11 is 2.84. The highest BCUT2D eigenvalue weighted by Crippen LogP contribution is 2.68. The molecule has 3 N–H and O–H groups in total. The Kier molecular flexibility index (Phi) is 4.74. The van der Waals surface area contributed by atoms with Gasteiger partial charge in [0.15, 0.2) is 0 Å². The summed E-state index contributed by atoms with van der Waals surface area (Å²) in [7, 11) is 0. The van der Waals surface area contributed by atoms with Gasteiger partial charge in [0.25, 0.3) is 0 Å². The lowest BCUT2D eigenvalue weighted by atomic mass is 9.68. The number of hydrogen-bond donors (Lipinski definition) is 3. The van der Waals surface area contributed by atoms with Crippen LogP contribution in [0.3, 0.4) is 0 Å². The maximum Gasteiger partial charge on any atom is 0.305 e. The SMILES string of the molecule is O=C(O)CCCN1C(=O)[C@@H]2[C@H]3C[C@@H]([C@@H]2C1=O)[C@@H]1[C@H](c2ccc(O)cc2)c2sc(=O)[nH]c2S[C@H]31. The molecule has 1 aromatic heterocycles. The molecular weight excluding hydrogens is 464 g/mol. The fraction of sp³-hybridized carbons (Fsp3) is 0.478. The third-order valence-electron chi connectivity index (χ3n) is 7.84. The lowest BCUT2D eigenvalue weighted by Crippen LogP contribution is -2.42. The summed E-state index contributed by atoms with van der Waals surface area (Å²) < 4.78 is 0. The average molecular weight is 487 g/mol. The fourth-order valence-electron chi connectivity index (χ4n) is 6.74. The number of hydrogen-bond acceptors (Lipinski definition) is 7. The van der Waals surface area contributed by atoms with Crippen molar-refractivity contribution in [3.63, 3.8) is 0 Å². The number of likely N-dealkylation sites (tertiary alicyclic amines) is 1. The molecule has 1 aromatic carbocycles. The number of H-pyrrole nitrogens is 1. The Morgan fingerprint density at radius 1 is 1.09 bits per heavy atom. The van der Waals surface area contributed by atoms with Crippen LogP contribution in [0.4, 0.5) is 0 Å². The average Bonchev–Trinajstić information content (AvgIpc) is 3.49. The van der Waals surface area contributed by atoms with E-state index in [2.05, 4.69) is 4.98 Å². The summed E-state index contributed by atoms with van der Waals surface area (Å²) in [5, 5.41) is 19.7. The second-order valence-corrected chi connectivity index (χ2v) is 11.6. The summed E-state index contributed by atoms with van der Waals surface area (Å²) in [6.45, 7) is 0.154. The van der Waals surface area contributed by atoms with E-state index in [0.717, 1.165) is 21.9 Å². The molecule has 0 spiro atoms. The van der Waals surface area contributed by atoms with E-state index in [1.54, 1.807) is 23.9 Å². The van der Waals surface area contributed by atoms with Crippen molar-refractivity contribution in [1.82, 2.24) is 9.88 Å². The number of imide groups is 1. The Bertz CT molecular complexity index is 1220. The summed E-state index contributed by atoms with van der Waals surface area (Å²) in [4.78, 5) is 54.8. The molecule has 33 heavy (non-hydrogen) atoms. The zero-order valence-electron chi connectivity index (χ0n) is 17.5. The monoisotopic (exact) mass is 486 g/mol. The number of thioether (sulfide) groups is 1. The van der Waals surface area contributed by atoms with Gasteiger partial charge in [-0.3, -0.25) is 24.1 Å². The largest absolute Gasteiger partial charge is 0.508 e. The Hall–Kier alpha value is -2.59. The van der Waals surface area contributed by atoms with Gasteiger partial charge in [-0.15, -0.1) is 11.8 Å². The highest BCUT2D eigenvalue weighted by Gasteiger charge is 2.69. The molecule has 172 valence electrons. The number of carboxylic acid groups (broad SMARTS) is 1. The van der Waals surface area contributed by atoms with Gasteiger partial charge in [0.1, 0.15) is 5.75 Å². The molecule has 2 aromatic rings. The molecule has 6 rings (SSSR count). The van der Waals surface area contributed by atoms with Crippen molar-refractivity contribution >= 4 is 40.9 Å². The van der Waals surface area contributed by atoms with Crippen molar-refractivity contribution in [3.8, 4) is 5.75 Å². The molecule has 0 radical (unpaired) electrons. The maximum absolute atomic E-state index is 13.3. The summed E-state index contributed by atoms with van der Waals surface area (Å²) in [5.74, 6) is -1.69. The number of thiazole rings is 1. The number of carboxylic acids is 1. The fourth-order valence-corrected chi connectivity index (χ4v) is 9.63. The van der Waals surface area contributed by atoms with Gasteiger partial charge in [-0.1, -0.05) is 23.5 Å². The molecule has 10 heteroatoms. The first-order valence-corrected chi connectivity index (χ1v) is 12.8. The van der Waals surface area contributed by atoms with E-state index in [0.29, 0.717) is 0 Å². The van der Waals surface area contributed by atoms with Crippen LogP contribution in [0.1, 0.15) is 35.6 Å². The minimum Gasteiger partial charge on any atom is -0.508 e. The van der Waals surface area contributed by atoms with Crippen molar-refractivity contribution in [1.29, 1.82) is 0 Å². The van der Waals surface area contributed by atoms with Gasteiger partial charge in [-0.25, -0.2) is 0 Å². The molecule has 2 aliphatic carbocycles. The molecule has 1 saturated heterocycles. The van der Waals surface area contributed by atoms with E-state index < -0.39 is 5.97 Å². The minimum atomic E-state index is -0.936. The second-order valence-electron chi connectivity index (χ2n) is 9.38. The lowest BCUT2D eigenvalue weighted by molar-refractivity contribution is -0.142. The van der Waals surface area contributed by atoms with E-state index in [9.17, 15) is 24.3 Å². The first-order valence-electron chi connectivity index (χ1n) is 11.1. The van der Waals surface area contributed by atoms with Gasteiger partial charge in [0.05, 0.1) is 16.9 Å². The third kappa shape index (κ3) is 3.03. The zero-order valence-corrected chi connectivity index (χ0v) is 19.1. The van der Waals surface area contributed by atoms with Gasteiger partial charge in [-0.05, 0) is 48.3 Å². The smallest absolute Gasteiger partial charge is 0.305 e. The first kappa shape index (κ1) is 21.0. The number of aromatic amines is 1. The van der Waals surface area contributed by atoms with Gasteiger partial charge < -0.3 is 15.2 Å². The van der Waals surface area contributed by atoms with Crippen molar-refractivity contribution in [2.45, 2.75) is 35.5 Å². The highest BCUT2D eigenvalue weighted by atomic mass is 32.2. The van der Waals surface area contributed by atoms with Crippen LogP contribution < -0.4 is 4.87 Å². The number of rotatable bonds is 5. The number of benzene rings is 1. The quantitative estimate of drug-likeness (QED) is 0.554. The maximum atomic E-state index is 13.3. The van der Waals surface area contributed by atoms with E-state index in [1.807, 2.05) is 12.1 Å². The van der Waals surface area contributed by atoms with E-state index in [4.69, 9.17) is 5.11 Å². The molecular formula is C23H22N2O6S2. The molecule has 3 fully saturated rings. The van der Waals surface area contributed by atoms with Crippen LogP contribution in [0, 0.1) is 29.6 Å². The molecule has 7 atom stereocenters. The molecule has 8 nitrogen and oxygen atoms in total. The highest BCUT2D eigenvalue weighted by molar-refractivity contribution is 8.00. The van der Waals surface area contributed by atoms with Crippen molar-refractivity contribution in [2.24, 2.45) is 29.6 Å². The zero-order chi connectivity index (χ0) is 23.0. The normalized spacial score (nSPS) is 33.8. The molecule has 2 saturated carbocycles. The summed E-state index contributed by atoms with van der Waals surface area (Å²) in [6, 6.07) is 7.05. The Balaban J connectivity index is 1.37. The number of nitrogens with zero attached hydrogens (tertiary/aromatic N) is 1. The summed E-state index contributed by atoms with van der Waals surface area (Å²) in [6.07, 6.45) is 1.00. The number of phenols is 1. The minimum absolute atomic E-state index is 0.0302. The van der Waals surface area contributed by atoms with Gasteiger partial charge in [0.2, 0.25) is 11.8 Å². The molecule has 3 heterocycles.